The molecular formula is C10H14O3. The molecule has 0 saturated carbocycles. The molecule has 0 heterocycles. The minimum atomic E-state index is -0.931. The Labute approximate surface area is 77.4 Å². The van der Waals surface area contributed by atoms with Crippen molar-refractivity contribution >= 4 is 11.8 Å². The lowest BCUT2D eigenvalue weighted by molar-refractivity contribution is -0.137. The van der Waals surface area contributed by atoms with Crippen LogP contribution in [-0.2, 0) is 9.59 Å². The number of carboxylic acids is 1. The molecule has 0 atom stereocenters. The van der Waals surface area contributed by atoms with Crippen molar-refractivity contribution < 1.29 is 14.7 Å². The Morgan fingerprint density at radius 1 is 1.62 bits per heavy atom. The monoisotopic (exact) mass is 182 g/mol. The molecule has 13 heavy (non-hydrogen) atoms. The van der Waals surface area contributed by atoms with Gasteiger partial charge in [-0.1, -0.05) is 19.9 Å². The van der Waals surface area contributed by atoms with Crippen LogP contribution in [0.15, 0.2) is 11.6 Å². The summed E-state index contributed by atoms with van der Waals surface area (Å²) in [6.45, 7) is 4.03. The molecule has 1 aliphatic rings. The molecule has 1 rings (SSSR count). The van der Waals surface area contributed by atoms with E-state index in [1.54, 1.807) is 6.08 Å². The number of hydrogen-bond acceptors (Lipinski definition) is 2. The van der Waals surface area contributed by atoms with Gasteiger partial charge in [-0.3, -0.25) is 9.59 Å². The first-order valence-electron chi connectivity index (χ1n) is 4.35. The van der Waals surface area contributed by atoms with Crippen LogP contribution in [-0.4, -0.2) is 16.9 Å². The van der Waals surface area contributed by atoms with Crippen LogP contribution in [0.5, 0.6) is 0 Å². The lowest BCUT2D eigenvalue weighted by atomic mass is 9.77. The zero-order chi connectivity index (χ0) is 10.1. The Balaban J connectivity index is 2.73. The number of carbonyl (C=O) groups is 2. The first kappa shape index (κ1) is 9.96. The maximum absolute atomic E-state index is 11.4. The van der Waals surface area contributed by atoms with Crippen LogP contribution in [0.3, 0.4) is 0 Å². The second-order valence-corrected chi connectivity index (χ2v) is 4.27. The van der Waals surface area contributed by atoms with Gasteiger partial charge in [-0.15, -0.1) is 0 Å². The lowest BCUT2D eigenvalue weighted by Gasteiger charge is -2.26. The number of hydrogen-bond donors (Lipinski definition) is 1. The quantitative estimate of drug-likeness (QED) is 0.708. The van der Waals surface area contributed by atoms with Crippen molar-refractivity contribution in [3.05, 3.63) is 11.6 Å². The highest BCUT2D eigenvalue weighted by molar-refractivity contribution is 5.99. The Kier molecular flexibility index (Phi) is 2.55. The van der Waals surface area contributed by atoms with Crippen molar-refractivity contribution in [2.24, 2.45) is 5.41 Å². The summed E-state index contributed by atoms with van der Waals surface area (Å²) in [6, 6.07) is 0. The summed E-state index contributed by atoms with van der Waals surface area (Å²) in [5.41, 5.74) is 0.464. The molecule has 0 aliphatic heterocycles. The number of aliphatic carboxylic acids is 1. The third-order valence-corrected chi connectivity index (χ3v) is 2.24. The molecule has 0 spiro atoms. The number of carbonyl (C=O) groups excluding carboxylic acids is 1. The maximum atomic E-state index is 11.4. The van der Waals surface area contributed by atoms with Gasteiger partial charge in [-0.2, -0.15) is 0 Å². The molecule has 0 aromatic heterocycles. The minimum Gasteiger partial charge on any atom is -0.481 e. The zero-order valence-corrected chi connectivity index (χ0v) is 7.96. The SMILES string of the molecule is CC1(C)CC=C(CC(=O)O)C(=O)C1. The van der Waals surface area contributed by atoms with Crippen molar-refractivity contribution in [3.63, 3.8) is 0 Å². The van der Waals surface area contributed by atoms with Gasteiger partial charge < -0.3 is 5.11 Å². The van der Waals surface area contributed by atoms with Crippen LogP contribution in [0.1, 0.15) is 33.1 Å². The highest BCUT2D eigenvalue weighted by Crippen LogP contribution is 2.32. The first-order chi connectivity index (χ1) is 5.91. The van der Waals surface area contributed by atoms with Crippen LogP contribution in [0.4, 0.5) is 0 Å². The van der Waals surface area contributed by atoms with E-state index >= 15 is 0 Å². The molecule has 1 aliphatic carbocycles. The van der Waals surface area contributed by atoms with Gasteiger partial charge >= 0.3 is 5.97 Å². The average molecular weight is 182 g/mol. The fraction of sp³-hybridized carbons (Fsp3) is 0.600. The van der Waals surface area contributed by atoms with Gasteiger partial charge in [-0.05, 0) is 11.8 Å². The van der Waals surface area contributed by atoms with E-state index in [0.29, 0.717) is 12.0 Å². The van der Waals surface area contributed by atoms with Crippen molar-refractivity contribution in [1.29, 1.82) is 0 Å². The van der Waals surface area contributed by atoms with Crippen LogP contribution >= 0.6 is 0 Å². The summed E-state index contributed by atoms with van der Waals surface area (Å²) < 4.78 is 0. The smallest absolute Gasteiger partial charge is 0.307 e. The highest BCUT2D eigenvalue weighted by Gasteiger charge is 2.28. The molecule has 0 fully saturated rings. The third kappa shape index (κ3) is 2.68. The van der Waals surface area contributed by atoms with Crippen LogP contribution in [0.25, 0.3) is 0 Å². The van der Waals surface area contributed by atoms with E-state index in [-0.39, 0.29) is 17.6 Å². The summed E-state index contributed by atoms with van der Waals surface area (Å²) in [7, 11) is 0. The molecule has 0 amide bonds. The lowest BCUT2D eigenvalue weighted by Crippen LogP contribution is -2.23. The summed E-state index contributed by atoms with van der Waals surface area (Å²) in [5, 5.41) is 8.52. The van der Waals surface area contributed by atoms with E-state index in [1.807, 2.05) is 13.8 Å². The fourth-order valence-corrected chi connectivity index (χ4v) is 1.47. The minimum absolute atomic E-state index is 0.000906. The first-order valence-corrected chi connectivity index (χ1v) is 4.35. The molecule has 0 saturated heterocycles. The van der Waals surface area contributed by atoms with Crippen molar-refractivity contribution in [2.75, 3.05) is 0 Å². The Bertz CT molecular complexity index is 274. The van der Waals surface area contributed by atoms with Crippen molar-refractivity contribution in [3.8, 4) is 0 Å². The molecule has 0 bridgehead atoms. The second kappa shape index (κ2) is 3.32. The van der Waals surface area contributed by atoms with E-state index in [2.05, 4.69) is 0 Å². The molecular weight excluding hydrogens is 168 g/mol. The predicted octanol–water partition coefficient (Wildman–Crippen LogP) is 1.78. The van der Waals surface area contributed by atoms with Gasteiger partial charge in [0.15, 0.2) is 5.78 Å². The highest BCUT2D eigenvalue weighted by atomic mass is 16.4. The van der Waals surface area contributed by atoms with Crippen molar-refractivity contribution in [2.45, 2.75) is 33.1 Å². The summed E-state index contributed by atoms with van der Waals surface area (Å²) in [6.07, 6.45) is 2.89. The Morgan fingerprint density at radius 3 is 2.69 bits per heavy atom. The number of ketones is 1. The molecule has 3 heteroatoms. The topological polar surface area (TPSA) is 54.4 Å². The summed E-state index contributed by atoms with van der Waals surface area (Å²) >= 11 is 0. The number of rotatable bonds is 2. The van der Waals surface area contributed by atoms with E-state index in [4.69, 9.17) is 5.11 Å². The summed E-state index contributed by atoms with van der Waals surface area (Å²) in [5.74, 6) is -0.946. The van der Waals surface area contributed by atoms with Gasteiger partial charge in [0.1, 0.15) is 0 Å². The van der Waals surface area contributed by atoms with Crippen LogP contribution < -0.4 is 0 Å². The normalized spacial score (nSPS) is 21.1. The maximum Gasteiger partial charge on any atom is 0.307 e. The number of carboxylic acid groups (broad SMARTS) is 1. The van der Waals surface area contributed by atoms with Gasteiger partial charge in [-0.25, -0.2) is 0 Å². The third-order valence-electron chi connectivity index (χ3n) is 2.24. The largest absolute Gasteiger partial charge is 0.481 e. The van der Waals surface area contributed by atoms with Crippen molar-refractivity contribution in [1.82, 2.24) is 0 Å². The standard InChI is InChI=1S/C10H14O3/c1-10(2)4-3-7(5-9(12)13)8(11)6-10/h3H,4-6H2,1-2H3,(H,12,13). The fourth-order valence-electron chi connectivity index (χ4n) is 1.47. The van der Waals surface area contributed by atoms with E-state index in [9.17, 15) is 9.59 Å². The Morgan fingerprint density at radius 2 is 2.23 bits per heavy atom. The second-order valence-electron chi connectivity index (χ2n) is 4.27. The van der Waals surface area contributed by atoms with Gasteiger partial charge in [0.05, 0.1) is 6.42 Å². The van der Waals surface area contributed by atoms with Crippen LogP contribution in [0.2, 0.25) is 0 Å². The molecule has 0 aromatic carbocycles. The molecule has 0 unspecified atom stereocenters. The zero-order valence-electron chi connectivity index (χ0n) is 7.96. The predicted molar refractivity (Wildman–Crippen MR) is 48.4 cm³/mol. The Hall–Kier alpha value is -1.12. The summed E-state index contributed by atoms with van der Waals surface area (Å²) in [4.78, 5) is 21.8. The number of Topliss-reactive ketones (excluding diaryl/α,β-unsaturated/α-hetero) is 1. The number of allylic oxidation sites excluding steroid dienone is 1. The van der Waals surface area contributed by atoms with E-state index in [0.717, 1.165) is 6.42 Å². The van der Waals surface area contributed by atoms with E-state index < -0.39 is 5.97 Å². The van der Waals surface area contributed by atoms with Gasteiger partial charge in [0, 0.05) is 12.0 Å². The molecule has 3 nitrogen and oxygen atoms in total. The molecule has 1 N–H and O–H groups in total. The van der Waals surface area contributed by atoms with Crippen LogP contribution in [0, 0.1) is 5.41 Å². The molecule has 0 aromatic rings. The molecule has 72 valence electrons. The van der Waals surface area contributed by atoms with Gasteiger partial charge in [0.25, 0.3) is 0 Å². The molecule has 0 radical (unpaired) electrons. The average Bonchev–Trinajstić information content (AvgIpc) is 1.93. The van der Waals surface area contributed by atoms with E-state index in [1.165, 1.54) is 0 Å². The van der Waals surface area contributed by atoms with Gasteiger partial charge in [0.2, 0.25) is 0 Å².